The highest BCUT2D eigenvalue weighted by atomic mass is 16.1. The summed E-state index contributed by atoms with van der Waals surface area (Å²) in [6.07, 6.45) is 14.7. The summed E-state index contributed by atoms with van der Waals surface area (Å²) in [6.45, 7) is 0.686. The fraction of sp³-hybridized carbons (Fsp3) is 0.133. The van der Waals surface area contributed by atoms with Gasteiger partial charge >= 0.3 is 0 Å². The lowest BCUT2D eigenvalue weighted by atomic mass is 9.98. The number of carbonyl (C=O) groups is 1. The molecular formula is C30H28N8O. The Balaban J connectivity index is 1.43. The molecule has 39 heavy (non-hydrogen) atoms. The highest BCUT2D eigenvalue weighted by molar-refractivity contribution is 6.04. The smallest absolute Gasteiger partial charge is 0.248 e. The molecule has 1 aromatic carbocycles. The summed E-state index contributed by atoms with van der Waals surface area (Å²) in [7, 11) is 5.81. The van der Waals surface area contributed by atoms with E-state index >= 15 is 0 Å². The number of amides is 1. The molecule has 0 spiro atoms. The molecule has 6 aromatic rings. The van der Waals surface area contributed by atoms with E-state index in [1.807, 2.05) is 93.6 Å². The molecule has 0 fully saturated rings. The highest BCUT2D eigenvalue weighted by Crippen LogP contribution is 2.36. The Kier molecular flexibility index (Phi) is 6.26. The third-order valence-corrected chi connectivity index (χ3v) is 6.59. The first-order valence-corrected chi connectivity index (χ1v) is 12.6. The largest absolute Gasteiger partial charge is 0.346 e. The fourth-order valence-electron chi connectivity index (χ4n) is 4.74. The lowest BCUT2D eigenvalue weighted by Gasteiger charge is -2.11. The normalized spacial score (nSPS) is 11.8. The average Bonchev–Trinajstić information content (AvgIpc) is 3.67. The van der Waals surface area contributed by atoms with Crippen molar-refractivity contribution >= 4 is 33.7 Å². The number of H-pyrrole nitrogens is 2. The number of likely N-dealkylation sites (N-methyl/N-ethyl adjacent to an activating group) is 1. The predicted octanol–water partition coefficient (Wildman–Crippen LogP) is 5.23. The number of aromatic amines is 2. The summed E-state index contributed by atoms with van der Waals surface area (Å²) in [5.41, 5.74) is 8.25. The Hall–Kier alpha value is -5.02. The van der Waals surface area contributed by atoms with Crippen LogP contribution >= 0.6 is 0 Å². The van der Waals surface area contributed by atoms with Crippen LogP contribution in [0.4, 0.5) is 5.69 Å². The van der Waals surface area contributed by atoms with Gasteiger partial charge in [0, 0.05) is 83.8 Å². The number of aromatic nitrogens is 6. The predicted molar refractivity (Wildman–Crippen MR) is 155 cm³/mol. The van der Waals surface area contributed by atoms with Crippen LogP contribution in [0, 0.1) is 0 Å². The minimum absolute atomic E-state index is 0.180. The van der Waals surface area contributed by atoms with E-state index in [0.717, 1.165) is 55.4 Å². The molecule has 9 nitrogen and oxygen atoms in total. The van der Waals surface area contributed by atoms with E-state index in [0.29, 0.717) is 12.2 Å². The third-order valence-electron chi connectivity index (χ3n) is 6.59. The van der Waals surface area contributed by atoms with E-state index in [1.54, 1.807) is 10.8 Å². The minimum atomic E-state index is -0.180. The minimum Gasteiger partial charge on any atom is -0.346 e. The van der Waals surface area contributed by atoms with Crippen molar-refractivity contribution in [2.24, 2.45) is 7.05 Å². The first kappa shape index (κ1) is 24.3. The van der Waals surface area contributed by atoms with Crippen molar-refractivity contribution in [2.75, 3.05) is 26.0 Å². The molecule has 5 heterocycles. The van der Waals surface area contributed by atoms with Crippen LogP contribution in [-0.4, -0.2) is 61.2 Å². The molecule has 194 valence electrons. The molecule has 0 radical (unpaired) electrons. The van der Waals surface area contributed by atoms with Crippen LogP contribution in [0.2, 0.25) is 0 Å². The number of hydrogen-bond acceptors (Lipinski definition) is 5. The van der Waals surface area contributed by atoms with Crippen LogP contribution in [0.1, 0.15) is 0 Å². The van der Waals surface area contributed by atoms with Gasteiger partial charge in [-0.2, -0.15) is 5.10 Å². The van der Waals surface area contributed by atoms with Crippen LogP contribution < -0.4 is 5.32 Å². The SMILES string of the molecule is CN(C)CC=CC(=O)Nc1cc(-c2cnc3[nH]cc(-c4ccnc5[nH]ccc45)c3c2)cc(-c2cnn(C)c2)c1. The maximum atomic E-state index is 12.7. The molecule has 0 atom stereocenters. The standard InChI is InChI=1S/C30H28N8O/c1-37(2)10-4-5-28(39)36-23-12-19(11-20(13-23)22-16-35-38(3)18-22)21-14-26-27(17-34-30(26)33-15-21)24-6-8-31-29-25(24)7-9-32-29/h4-9,11-18H,10H2,1-3H3,(H,31,32)(H,33,34)(H,36,39). The molecule has 0 aliphatic heterocycles. The molecule has 3 N–H and O–H groups in total. The van der Waals surface area contributed by atoms with Crippen LogP contribution in [0.25, 0.3) is 55.4 Å². The van der Waals surface area contributed by atoms with Gasteiger partial charge in [0.25, 0.3) is 0 Å². The molecule has 1 amide bonds. The van der Waals surface area contributed by atoms with Gasteiger partial charge in [-0.15, -0.1) is 0 Å². The average molecular weight is 517 g/mol. The second kappa shape index (κ2) is 10.0. The Bertz CT molecular complexity index is 1840. The summed E-state index contributed by atoms with van der Waals surface area (Å²) >= 11 is 0. The lowest BCUT2D eigenvalue weighted by molar-refractivity contribution is -0.111. The topological polar surface area (TPSA) is 108 Å². The molecule has 0 saturated carbocycles. The molecule has 0 aliphatic rings. The fourth-order valence-corrected chi connectivity index (χ4v) is 4.74. The van der Waals surface area contributed by atoms with Crippen LogP contribution in [0.3, 0.4) is 0 Å². The summed E-state index contributed by atoms with van der Waals surface area (Å²) in [5, 5.41) is 9.41. The van der Waals surface area contributed by atoms with Crippen molar-refractivity contribution in [3.8, 4) is 33.4 Å². The maximum Gasteiger partial charge on any atom is 0.248 e. The number of nitrogens with one attached hydrogen (secondary N) is 3. The van der Waals surface area contributed by atoms with E-state index in [-0.39, 0.29) is 5.91 Å². The Labute approximate surface area is 225 Å². The summed E-state index contributed by atoms with van der Waals surface area (Å²) in [5.74, 6) is -0.180. The number of anilines is 1. The second-order valence-electron chi connectivity index (χ2n) is 9.78. The van der Waals surface area contributed by atoms with E-state index in [1.165, 1.54) is 0 Å². The van der Waals surface area contributed by atoms with Crippen LogP contribution in [0.15, 0.2) is 85.7 Å². The van der Waals surface area contributed by atoms with Gasteiger partial charge in [-0.3, -0.25) is 9.48 Å². The van der Waals surface area contributed by atoms with Gasteiger partial charge in [0.15, 0.2) is 0 Å². The van der Waals surface area contributed by atoms with Gasteiger partial charge in [-0.25, -0.2) is 9.97 Å². The van der Waals surface area contributed by atoms with Crippen molar-refractivity contribution in [2.45, 2.75) is 0 Å². The van der Waals surface area contributed by atoms with E-state index in [2.05, 4.69) is 37.5 Å². The number of nitrogens with zero attached hydrogens (tertiary/aromatic N) is 5. The number of fused-ring (bicyclic) bond motifs is 2. The van der Waals surface area contributed by atoms with Gasteiger partial charge in [0.1, 0.15) is 11.3 Å². The number of aryl methyl sites for hydroxylation is 1. The molecule has 0 aliphatic carbocycles. The van der Waals surface area contributed by atoms with E-state index in [9.17, 15) is 4.79 Å². The zero-order valence-electron chi connectivity index (χ0n) is 21.9. The van der Waals surface area contributed by atoms with Gasteiger partial charge in [0.05, 0.1) is 6.20 Å². The highest BCUT2D eigenvalue weighted by Gasteiger charge is 2.14. The first-order valence-electron chi connectivity index (χ1n) is 12.6. The van der Waals surface area contributed by atoms with Gasteiger partial charge in [-0.1, -0.05) is 6.08 Å². The Morgan fingerprint density at radius 3 is 2.56 bits per heavy atom. The molecule has 9 heteroatoms. The van der Waals surface area contributed by atoms with Crippen molar-refractivity contribution in [3.63, 3.8) is 0 Å². The second-order valence-corrected chi connectivity index (χ2v) is 9.78. The number of rotatable bonds is 7. The number of hydrogen-bond donors (Lipinski definition) is 3. The number of pyridine rings is 2. The van der Waals surface area contributed by atoms with Crippen molar-refractivity contribution in [1.82, 2.24) is 34.6 Å². The van der Waals surface area contributed by atoms with E-state index in [4.69, 9.17) is 4.98 Å². The van der Waals surface area contributed by atoms with Crippen molar-refractivity contribution < 1.29 is 4.79 Å². The monoisotopic (exact) mass is 516 g/mol. The molecule has 0 bridgehead atoms. The van der Waals surface area contributed by atoms with Crippen molar-refractivity contribution in [1.29, 1.82) is 0 Å². The maximum absolute atomic E-state index is 12.7. The first-order chi connectivity index (χ1) is 18.9. The summed E-state index contributed by atoms with van der Waals surface area (Å²) in [6, 6.07) is 12.2. The molecule has 6 rings (SSSR count). The van der Waals surface area contributed by atoms with E-state index < -0.39 is 0 Å². The Morgan fingerprint density at radius 2 is 1.77 bits per heavy atom. The Morgan fingerprint density at radius 1 is 0.949 bits per heavy atom. The summed E-state index contributed by atoms with van der Waals surface area (Å²) in [4.78, 5) is 30.3. The molecule has 0 saturated heterocycles. The lowest BCUT2D eigenvalue weighted by Crippen LogP contribution is -2.13. The summed E-state index contributed by atoms with van der Waals surface area (Å²) < 4.78 is 1.76. The van der Waals surface area contributed by atoms with Crippen LogP contribution in [-0.2, 0) is 11.8 Å². The van der Waals surface area contributed by atoms with Gasteiger partial charge in [0.2, 0.25) is 5.91 Å². The zero-order chi connectivity index (χ0) is 26.9. The van der Waals surface area contributed by atoms with Gasteiger partial charge < -0.3 is 20.2 Å². The molecular weight excluding hydrogens is 488 g/mol. The zero-order valence-corrected chi connectivity index (χ0v) is 21.9. The molecule has 5 aromatic heterocycles. The quantitative estimate of drug-likeness (QED) is 0.252. The van der Waals surface area contributed by atoms with Crippen molar-refractivity contribution in [3.05, 3.63) is 85.7 Å². The third kappa shape index (κ3) is 4.95. The number of carbonyl (C=O) groups excluding carboxylic acids is 1. The van der Waals surface area contributed by atoms with Gasteiger partial charge in [-0.05, 0) is 67.2 Å². The van der Waals surface area contributed by atoms with Crippen LogP contribution in [0.5, 0.6) is 0 Å². The number of benzene rings is 1. The molecule has 0 unspecified atom stereocenters.